The Morgan fingerprint density at radius 1 is 0.585 bits per heavy atom. The number of hydrogen-bond donors (Lipinski definition) is 6. The summed E-state index contributed by atoms with van der Waals surface area (Å²) >= 11 is 0. The number of carbonyl (C=O) groups excluding carboxylic acids is 2. The second-order valence-electron chi connectivity index (χ2n) is 11.8. The molecule has 2 aromatic carbocycles. The lowest BCUT2D eigenvalue weighted by Gasteiger charge is -2.10. The van der Waals surface area contributed by atoms with Gasteiger partial charge >= 0.3 is 0 Å². The van der Waals surface area contributed by atoms with E-state index in [1.807, 2.05) is 74.5 Å². The molecule has 0 atom stereocenters. The highest BCUT2D eigenvalue weighted by Crippen LogP contribution is 2.28. The van der Waals surface area contributed by atoms with Crippen molar-refractivity contribution in [1.29, 1.82) is 5.41 Å². The van der Waals surface area contributed by atoms with Crippen LogP contribution in [0.2, 0.25) is 0 Å². The molecule has 0 spiro atoms. The van der Waals surface area contributed by atoms with Crippen LogP contribution in [-0.2, 0) is 0 Å². The van der Waals surface area contributed by atoms with Crippen molar-refractivity contribution in [3.05, 3.63) is 139 Å². The molecule has 9 N–H and O–H groups in total. The molecule has 53 heavy (non-hydrogen) atoms. The Balaban J connectivity index is 0.000000196. The van der Waals surface area contributed by atoms with Crippen molar-refractivity contribution in [2.24, 2.45) is 23.3 Å². The van der Waals surface area contributed by atoms with Crippen molar-refractivity contribution in [3.63, 3.8) is 0 Å². The summed E-state index contributed by atoms with van der Waals surface area (Å²) in [4.78, 5) is 45.7. The maximum Gasteiger partial charge on any atom is 0.265 e. The van der Waals surface area contributed by atoms with E-state index in [4.69, 9.17) is 17.1 Å². The topological polar surface area (TPSA) is 225 Å². The summed E-state index contributed by atoms with van der Waals surface area (Å²) < 4.78 is 0. The van der Waals surface area contributed by atoms with Crippen molar-refractivity contribution in [1.82, 2.24) is 35.8 Å². The fourth-order valence-corrected chi connectivity index (χ4v) is 5.50. The van der Waals surface area contributed by atoms with Gasteiger partial charge in [-0.2, -0.15) is 0 Å². The van der Waals surface area contributed by atoms with Gasteiger partial charge < -0.3 is 11.1 Å². The van der Waals surface area contributed by atoms with Gasteiger partial charge in [-0.25, -0.2) is 21.7 Å². The number of nitrogens with one attached hydrogen (secondary N) is 3. The zero-order valence-electron chi connectivity index (χ0n) is 29.4. The number of fused-ring (bicyclic) bond motifs is 2. The SMILES string of the molecule is CC(C)C(=N)c1ccc(-c2cc(C(=O)NN)c3cnccc3n2)cc1.CN.NNC(=O)c1cc(-c2ccc(-c3ccncc3)cc2)nc2ccncc12. The van der Waals surface area contributed by atoms with Crippen LogP contribution in [0.15, 0.2) is 122 Å². The lowest BCUT2D eigenvalue weighted by Crippen LogP contribution is -2.30. The maximum atomic E-state index is 12.2. The van der Waals surface area contributed by atoms with Gasteiger partial charge in [-0.05, 0) is 66.1 Å². The number of pyridine rings is 5. The molecule has 5 aromatic heterocycles. The van der Waals surface area contributed by atoms with E-state index in [1.165, 1.54) is 7.05 Å². The number of hydrazine groups is 2. The first-order valence-electron chi connectivity index (χ1n) is 16.6. The van der Waals surface area contributed by atoms with Crippen LogP contribution in [0.3, 0.4) is 0 Å². The first kappa shape index (κ1) is 37.5. The molecule has 5 heterocycles. The zero-order chi connectivity index (χ0) is 37.9. The Hall–Kier alpha value is -6.80. The van der Waals surface area contributed by atoms with Crippen LogP contribution in [0, 0.1) is 11.3 Å². The zero-order valence-corrected chi connectivity index (χ0v) is 29.4. The number of carbonyl (C=O) groups is 2. The van der Waals surface area contributed by atoms with Gasteiger partial charge in [0.2, 0.25) is 0 Å². The van der Waals surface area contributed by atoms with E-state index >= 15 is 0 Å². The van der Waals surface area contributed by atoms with Gasteiger partial charge in [0.05, 0.1) is 33.5 Å². The minimum Gasteiger partial charge on any atom is -0.333 e. The van der Waals surface area contributed by atoms with E-state index in [2.05, 4.69) is 41.5 Å². The minimum atomic E-state index is -0.389. The summed E-state index contributed by atoms with van der Waals surface area (Å²) in [7, 11) is 1.50. The van der Waals surface area contributed by atoms with E-state index in [1.54, 1.807) is 61.4 Å². The molecule has 0 radical (unpaired) electrons. The summed E-state index contributed by atoms with van der Waals surface area (Å²) in [6.45, 7) is 3.99. The highest BCUT2D eigenvalue weighted by Gasteiger charge is 2.15. The lowest BCUT2D eigenvalue weighted by atomic mass is 9.98. The van der Waals surface area contributed by atoms with E-state index in [9.17, 15) is 9.59 Å². The number of aromatic nitrogens is 5. The van der Waals surface area contributed by atoms with Crippen molar-refractivity contribution < 1.29 is 9.59 Å². The van der Waals surface area contributed by atoms with E-state index in [-0.39, 0.29) is 17.7 Å². The normalized spacial score (nSPS) is 10.5. The monoisotopic (exact) mass is 705 g/mol. The minimum absolute atomic E-state index is 0.164. The highest BCUT2D eigenvalue weighted by molar-refractivity contribution is 6.07. The van der Waals surface area contributed by atoms with Gasteiger partial charge in [-0.1, -0.05) is 62.4 Å². The first-order valence-corrected chi connectivity index (χ1v) is 16.6. The second-order valence-corrected chi connectivity index (χ2v) is 11.8. The van der Waals surface area contributed by atoms with Crippen LogP contribution in [0.4, 0.5) is 0 Å². The average Bonchev–Trinajstić information content (AvgIpc) is 3.23. The van der Waals surface area contributed by atoms with Crippen LogP contribution in [0.1, 0.15) is 40.1 Å². The third kappa shape index (κ3) is 8.57. The van der Waals surface area contributed by atoms with E-state index in [0.717, 1.165) is 27.8 Å². The molecule has 266 valence electrons. The largest absolute Gasteiger partial charge is 0.333 e. The number of nitrogens with two attached hydrogens (primary N) is 3. The number of nitrogen functional groups attached to an aromatic ring is 2. The highest BCUT2D eigenvalue weighted by atomic mass is 16.2. The molecule has 13 nitrogen and oxygen atoms in total. The summed E-state index contributed by atoms with van der Waals surface area (Å²) in [5, 5.41) is 9.40. The molecule has 0 saturated heterocycles. The predicted molar refractivity (Wildman–Crippen MR) is 208 cm³/mol. The van der Waals surface area contributed by atoms with E-state index in [0.29, 0.717) is 50.0 Å². The van der Waals surface area contributed by atoms with Gasteiger partial charge in [0.1, 0.15) is 0 Å². The van der Waals surface area contributed by atoms with E-state index < -0.39 is 0 Å². The van der Waals surface area contributed by atoms with Crippen LogP contribution >= 0.6 is 0 Å². The van der Waals surface area contributed by atoms with Crippen molar-refractivity contribution in [2.75, 3.05) is 7.05 Å². The fraction of sp³-hybridized carbons (Fsp3) is 0.100. The Morgan fingerprint density at radius 3 is 1.42 bits per heavy atom. The molecule has 0 bridgehead atoms. The summed E-state index contributed by atoms with van der Waals surface area (Å²) in [5.74, 6) is 10.0. The summed E-state index contributed by atoms with van der Waals surface area (Å²) in [5.41, 5.74) is 17.9. The molecular formula is C40H39N11O2. The summed E-state index contributed by atoms with van der Waals surface area (Å²) in [6, 6.07) is 26.5. The van der Waals surface area contributed by atoms with Crippen molar-refractivity contribution in [2.45, 2.75) is 13.8 Å². The Bertz CT molecular complexity index is 2360. The molecule has 13 heteroatoms. The molecule has 0 aliphatic heterocycles. The average molecular weight is 706 g/mol. The number of amides is 2. The fourth-order valence-electron chi connectivity index (χ4n) is 5.50. The maximum absolute atomic E-state index is 12.2. The molecule has 0 aliphatic rings. The molecular weight excluding hydrogens is 667 g/mol. The molecule has 7 rings (SSSR count). The van der Waals surface area contributed by atoms with Gasteiger partial charge in [-0.15, -0.1) is 0 Å². The third-order valence-electron chi connectivity index (χ3n) is 8.24. The number of hydrogen-bond acceptors (Lipinski definition) is 11. The van der Waals surface area contributed by atoms with Gasteiger partial charge in [-0.3, -0.25) is 35.4 Å². The standard InChI is InChI=1S/C20H15N5O.C19H19N5O.CH5N/c21-25-20(26)16-11-19(24-18-7-10-23-12-17(16)18)15-3-1-13(2-4-15)14-5-8-22-9-6-14;1-11(2)18(20)13-5-3-12(4-6-13)17-9-14(19(25)24-21)15-10-22-8-7-16(15)23-17;1-2/h1-12H,21H2,(H,25,26);3-11,20H,21H2,1-2H3,(H,24,25);2H2,1H3. The Kier molecular flexibility index (Phi) is 12.3. The van der Waals surface area contributed by atoms with Gasteiger partial charge in [0, 0.05) is 64.8 Å². The smallest absolute Gasteiger partial charge is 0.265 e. The predicted octanol–water partition coefficient (Wildman–Crippen LogP) is 5.46. The summed E-state index contributed by atoms with van der Waals surface area (Å²) in [6.07, 6.45) is 10.0. The quantitative estimate of drug-likeness (QED) is 0.0531. The number of rotatable bonds is 7. The third-order valence-corrected chi connectivity index (χ3v) is 8.24. The van der Waals surface area contributed by atoms with Crippen LogP contribution in [0.5, 0.6) is 0 Å². The molecule has 7 aromatic rings. The molecule has 0 unspecified atom stereocenters. The van der Waals surface area contributed by atoms with Crippen molar-refractivity contribution >= 4 is 39.3 Å². The lowest BCUT2D eigenvalue weighted by molar-refractivity contribution is 0.0947. The molecule has 2 amide bonds. The van der Waals surface area contributed by atoms with Gasteiger partial charge in [0.15, 0.2) is 0 Å². The number of benzene rings is 2. The van der Waals surface area contributed by atoms with Crippen LogP contribution < -0.4 is 28.3 Å². The Morgan fingerprint density at radius 2 is 0.981 bits per heavy atom. The number of nitrogens with zero attached hydrogens (tertiary/aromatic N) is 5. The van der Waals surface area contributed by atoms with Crippen LogP contribution in [0.25, 0.3) is 55.4 Å². The van der Waals surface area contributed by atoms with Gasteiger partial charge in [0.25, 0.3) is 11.8 Å². The molecule has 0 saturated carbocycles. The Labute approximate surface area is 306 Å². The second kappa shape index (κ2) is 17.4. The molecule has 0 aliphatic carbocycles. The molecule has 0 fully saturated rings. The van der Waals surface area contributed by atoms with Crippen molar-refractivity contribution in [3.8, 4) is 33.6 Å². The first-order chi connectivity index (χ1) is 25.8. The van der Waals surface area contributed by atoms with Crippen LogP contribution in [-0.4, -0.2) is 49.5 Å².